The van der Waals surface area contributed by atoms with E-state index >= 15 is 0 Å². The second-order valence-electron chi connectivity index (χ2n) is 7.03. The van der Waals surface area contributed by atoms with Crippen molar-refractivity contribution in [3.05, 3.63) is 100 Å². The van der Waals surface area contributed by atoms with E-state index in [9.17, 15) is 4.79 Å². The Balaban J connectivity index is 1.53. The zero-order valence-electron chi connectivity index (χ0n) is 15.5. The van der Waals surface area contributed by atoms with E-state index in [-0.39, 0.29) is 11.9 Å². The van der Waals surface area contributed by atoms with Gasteiger partial charge in [-0.05, 0) is 54.2 Å². The Morgan fingerprint density at radius 2 is 1.82 bits per heavy atom. The topological polar surface area (TPSA) is 38.3 Å². The molecule has 3 aromatic carbocycles. The van der Waals surface area contributed by atoms with E-state index in [1.54, 1.807) is 18.2 Å². The van der Waals surface area contributed by atoms with Crippen LogP contribution in [-0.4, -0.2) is 5.91 Å². The van der Waals surface area contributed by atoms with Crippen LogP contribution in [0.25, 0.3) is 0 Å². The number of rotatable bonds is 5. The third-order valence-corrected chi connectivity index (χ3v) is 5.33. The Morgan fingerprint density at radius 1 is 1.04 bits per heavy atom. The van der Waals surface area contributed by atoms with Crippen molar-refractivity contribution < 1.29 is 9.53 Å². The lowest BCUT2D eigenvalue weighted by Gasteiger charge is -2.26. The molecule has 3 nitrogen and oxygen atoms in total. The summed E-state index contributed by atoms with van der Waals surface area (Å²) in [6, 6.07) is 23.4. The predicted molar refractivity (Wildman–Crippen MR) is 112 cm³/mol. The molecule has 0 aromatic heterocycles. The van der Waals surface area contributed by atoms with Crippen molar-refractivity contribution in [1.82, 2.24) is 5.32 Å². The maximum Gasteiger partial charge on any atom is 0.255 e. The molecule has 0 fully saturated rings. The van der Waals surface area contributed by atoms with Gasteiger partial charge < -0.3 is 10.1 Å². The first-order valence-electron chi connectivity index (χ1n) is 9.55. The Bertz CT molecular complexity index is 971. The van der Waals surface area contributed by atoms with Gasteiger partial charge in [0.1, 0.15) is 12.4 Å². The van der Waals surface area contributed by atoms with Crippen LogP contribution in [0.2, 0.25) is 5.02 Å². The van der Waals surface area contributed by atoms with Gasteiger partial charge in [0.25, 0.3) is 5.91 Å². The number of fused-ring (bicyclic) bond motifs is 1. The van der Waals surface area contributed by atoms with Crippen molar-refractivity contribution in [3.63, 3.8) is 0 Å². The molecule has 1 atom stereocenters. The van der Waals surface area contributed by atoms with Crippen LogP contribution in [0, 0.1) is 0 Å². The monoisotopic (exact) mass is 391 g/mol. The average Bonchev–Trinajstić information content (AvgIpc) is 2.74. The van der Waals surface area contributed by atoms with E-state index in [1.165, 1.54) is 11.1 Å². The SMILES string of the molecule is O=C(N[C@H]1CCCc2ccccc21)c1cc(Cl)ccc1OCc1ccccc1. The highest BCUT2D eigenvalue weighted by Gasteiger charge is 2.23. The number of hydrogen-bond acceptors (Lipinski definition) is 2. The van der Waals surface area contributed by atoms with E-state index in [0.29, 0.717) is 22.9 Å². The highest BCUT2D eigenvalue weighted by atomic mass is 35.5. The number of hydrogen-bond donors (Lipinski definition) is 1. The number of carbonyl (C=O) groups is 1. The van der Waals surface area contributed by atoms with Crippen LogP contribution in [0.15, 0.2) is 72.8 Å². The minimum Gasteiger partial charge on any atom is -0.488 e. The first kappa shape index (κ1) is 18.6. The maximum absolute atomic E-state index is 13.1. The normalized spacial score (nSPS) is 15.5. The Labute approximate surface area is 170 Å². The summed E-state index contributed by atoms with van der Waals surface area (Å²) in [5.41, 5.74) is 4.03. The highest BCUT2D eigenvalue weighted by Crippen LogP contribution is 2.31. The van der Waals surface area contributed by atoms with Crippen molar-refractivity contribution in [1.29, 1.82) is 0 Å². The second kappa shape index (κ2) is 8.49. The minimum absolute atomic E-state index is 0.0124. The fourth-order valence-corrected chi connectivity index (χ4v) is 3.85. The smallest absolute Gasteiger partial charge is 0.255 e. The van der Waals surface area contributed by atoms with Crippen molar-refractivity contribution in [3.8, 4) is 5.75 Å². The molecule has 1 aliphatic rings. The van der Waals surface area contributed by atoms with Crippen LogP contribution in [-0.2, 0) is 13.0 Å². The van der Waals surface area contributed by atoms with E-state index in [4.69, 9.17) is 16.3 Å². The van der Waals surface area contributed by atoms with Crippen LogP contribution in [0.1, 0.15) is 45.9 Å². The average molecular weight is 392 g/mol. The number of ether oxygens (including phenoxy) is 1. The number of aryl methyl sites for hydroxylation is 1. The molecule has 0 spiro atoms. The van der Waals surface area contributed by atoms with Crippen molar-refractivity contribution >= 4 is 17.5 Å². The van der Waals surface area contributed by atoms with Gasteiger partial charge in [-0.2, -0.15) is 0 Å². The molecule has 0 aliphatic heterocycles. The molecule has 1 N–H and O–H groups in total. The van der Waals surface area contributed by atoms with E-state index in [0.717, 1.165) is 24.8 Å². The van der Waals surface area contributed by atoms with Gasteiger partial charge in [0, 0.05) is 5.02 Å². The third kappa shape index (κ3) is 4.20. The van der Waals surface area contributed by atoms with Gasteiger partial charge in [-0.1, -0.05) is 66.2 Å². The second-order valence-corrected chi connectivity index (χ2v) is 7.47. The first-order valence-corrected chi connectivity index (χ1v) is 9.93. The summed E-state index contributed by atoms with van der Waals surface area (Å²) in [5.74, 6) is 0.377. The first-order chi connectivity index (χ1) is 13.7. The molecule has 0 heterocycles. The molecule has 3 aromatic rings. The summed E-state index contributed by atoms with van der Waals surface area (Å²) in [5, 5.41) is 3.69. The van der Waals surface area contributed by atoms with Gasteiger partial charge in [-0.25, -0.2) is 0 Å². The van der Waals surface area contributed by atoms with E-state index in [1.807, 2.05) is 36.4 Å². The van der Waals surface area contributed by atoms with Gasteiger partial charge in [0.15, 0.2) is 0 Å². The molecule has 4 heteroatoms. The Hall–Kier alpha value is -2.78. The summed E-state index contributed by atoms with van der Waals surface area (Å²) in [7, 11) is 0. The fraction of sp³-hybridized carbons (Fsp3) is 0.208. The van der Waals surface area contributed by atoms with Crippen LogP contribution in [0.3, 0.4) is 0 Å². The predicted octanol–water partition coefficient (Wildman–Crippen LogP) is 5.73. The Kier molecular flexibility index (Phi) is 5.63. The van der Waals surface area contributed by atoms with Crippen molar-refractivity contribution in [2.24, 2.45) is 0 Å². The zero-order valence-corrected chi connectivity index (χ0v) is 16.3. The molecule has 28 heavy (non-hydrogen) atoms. The van der Waals surface area contributed by atoms with Crippen LogP contribution in [0.4, 0.5) is 0 Å². The molecule has 142 valence electrons. The standard InChI is InChI=1S/C24H22ClNO2/c25-19-13-14-23(28-16-17-7-2-1-3-8-17)21(15-19)24(27)26-22-12-6-10-18-9-4-5-11-20(18)22/h1-5,7-9,11,13-15,22H,6,10,12,16H2,(H,26,27)/t22-/m0/s1. The summed E-state index contributed by atoms with van der Waals surface area (Å²) in [6.07, 6.45) is 3.06. The molecule has 1 aliphatic carbocycles. The molecular weight excluding hydrogens is 370 g/mol. The van der Waals surface area contributed by atoms with Gasteiger partial charge in [-0.15, -0.1) is 0 Å². The van der Waals surface area contributed by atoms with E-state index in [2.05, 4.69) is 23.5 Å². The minimum atomic E-state index is -0.160. The van der Waals surface area contributed by atoms with Crippen molar-refractivity contribution in [2.45, 2.75) is 31.9 Å². The maximum atomic E-state index is 13.1. The summed E-state index contributed by atoms with van der Waals surface area (Å²) >= 11 is 6.17. The highest BCUT2D eigenvalue weighted by molar-refractivity contribution is 6.31. The molecule has 0 saturated heterocycles. The fourth-order valence-electron chi connectivity index (χ4n) is 3.68. The van der Waals surface area contributed by atoms with Gasteiger partial charge in [0.2, 0.25) is 0 Å². The lowest BCUT2D eigenvalue weighted by molar-refractivity contribution is 0.0928. The molecular formula is C24H22ClNO2. The Morgan fingerprint density at radius 3 is 2.68 bits per heavy atom. The van der Waals surface area contributed by atoms with Crippen LogP contribution < -0.4 is 10.1 Å². The van der Waals surface area contributed by atoms with Crippen LogP contribution in [0.5, 0.6) is 5.75 Å². The van der Waals surface area contributed by atoms with E-state index < -0.39 is 0 Å². The molecule has 0 radical (unpaired) electrons. The number of amides is 1. The number of halogens is 1. The number of carbonyl (C=O) groups excluding carboxylic acids is 1. The molecule has 0 saturated carbocycles. The lowest BCUT2D eigenvalue weighted by atomic mass is 9.87. The zero-order chi connectivity index (χ0) is 19.3. The number of nitrogens with one attached hydrogen (secondary N) is 1. The molecule has 0 unspecified atom stereocenters. The molecule has 1 amide bonds. The third-order valence-electron chi connectivity index (χ3n) is 5.10. The molecule has 0 bridgehead atoms. The van der Waals surface area contributed by atoms with Gasteiger partial charge in [0.05, 0.1) is 11.6 Å². The van der Waals surface area contributed by atoms with Crippen LogP contribution >= 0.6 is 11.6 Å². The quantitative estimate of drug-likeness (QED) is 0.603. The lowest BCUT2D eigenvalue weighted by Crippen LogP contribution is -2.31. The summed E-state index contributed by atoms with van der Waals surface area (Å²) in [6.45, 7) is 0.398. The van der Waals surface area contributed by atoms with Gasteiger partial charge in [-0.3, -0.25) is 4.79 Å². The summed E-state index contributed by atoms with van der Waals surface area (Å²) in [4.78, 5) is 13.1. The largest absolute Gasteiger partial charge is 0.488 e. The van der Waals surface area contributed by atoms with Crippen molar-refractivity contribution in [2.75, 3.05) is 0 Å². The van der Waals surface area contributed by atoms with Gasteiger partial charge >= 0.3 is 0 Å². The summed E-state index contributed by atoms with van der Waals surface area (Å²) < 4.78 is 5.94. The number of benzene rings is 3. The molecule has 4 rings (SSSR count).